The van der Waals surface area contributed by atoms with Gasteiger partial charge in [0.25, 0.3) is 0 Å². The Hall–Kier alpha value is -0.610. The van der Waals surface area contributed by atoms with E-state index in [0.717, 1.165) is 25.9 Å². The van der Waals surface area contributed by atoms with Crippen molar-refractivity contribution < 1.29 is 9.53 Å². The van der Waals surface area contributed by atoms with Crippen LogP contribution in [0.2, 0.25) is 0 Å². The van der Waals surface area contributed by atoms with E-state index in [9.17, 15) is 4.79 Å². The molecule has 2 aliphatic rings. The Bertz CT molecular complexity index is 293. The average Bonchev–Trinajstić information content (AvgIpc) is 2.90. The number of amides is 1. The van der Waals surface area contributed by atoms with Crippen LogP contribution in [0.5, 0.6) is 0 Å². The largest absolute Gasteiger partial charge is 0.375 e. The van der Waals surface area contributed by atoms with E-state index in [1.807, 2.05) is 18.7 Å². The normalized spacial score (nSPS) is 24.1. The maximum absolute atomic E-state index is 12.2. The molecular formula is C15H28N2O2. The first kappa shape index (κ1) is 14.8. The summed E-state index contributed by atoms with van der Waals surface area (Å²) in [7, 11) is 0. The summed E-state index contributed by atoms with van der Waals surface area (Å²) >= 11 is 0. The molecule has 0 aromatic carbocycles. The second-order valence-corrected chi connectivity index (χ2v) is 6.34. The number of carbonyl (C=O) groups excluding carboxylic acids is 1. The summed E-state index contributed by atoms with van der Waals surface area (Å²) in [5.41, 5.74) is 5.94. The summed E-state index contributed by atoms with van der Waals surface area (Å²) in [6.07, 6.45) is 7.82. The molecule has 1 amide bonds. The molecular weight excluding hydrogens is 240 g/mol. The summed E-state index contributed by atoms with van der Waals surface area (Å²) < 4.78 is 6.12. The molecule has 4 nitrogen and oxygen atoms in total. The van der Waals surface area contributed by atoms with Gasteiger partial charge < -0.3 is 15.4 Å². The van der Waals surface area contributed by atoms with Gasteiger partial charge in [-0.15, -0.1) is 0 Å². The molecule has 2 rings (SSSR count). The number of piperidine rings is 1. The third-order valence-corrected chi connectivity index (χ3v) is 4.44. The van der Waals surface area contributed by atoms with E-state index in [-0.39, 0.29) is 17.9 Å². The minimum Gasteiger partial charge on any atom is -0.375 e. The van der Waals surface area contributed by atoms with Gasteiger partial charge in [0.15, 0.2) is 0 Å². The molecule has 4 heteroatoms. The number of carbonyl (C=O) groups is 1. The predicted octanol–water partition coefficient (Wildman–Crippen LogP) is 1.92. The molecule has 110 valence electrons. The minimum absolute atomic E-state index is 0.106. The first-order valence-electron chi connectivity index (χ1n) is 7.77. The fourth-order valence-electron chi connectivity index (χ4n) is 3.00. The highest BCUT2D eigenvalue weighted by Gasteiger charge is 2.29. The quantitative estimate of drug-likeness (QED) is 0.847. The van der Waals surface area contributed by atoms with Crippen molar-refractivity contribution in [2.75, 3.05) is 13.1 Å². The van der Waals surface area contributed by atoms with Gasteiger partial charge in [0, 0.05) is 13.1 Å². The number of nitrogens with zero attached hydrogens (tertiary/aromatic N) is 1. The van der Waals surface area contributed by atoms with Crippen LogP contribution >= 0.6 is 0 Å². The Balaban J connectivity index is 1.74. The average molecular weight is 268 g/mol. The summed E-state index contributed by atoms with van der Waals surface area (Å²) in [4.78, 5) is 14.1. The number of hydrogen-bond donors (Lipinski definition) is 1. The molecule has 1 saturated carbocycles. The van der Waals surface area contributed by atoms with E-state index in [4.69, 9.17) is 10.5 Å². The lowest BCUT2D eigenvalue weighted by molar-refractivity contribution is -0.137. The molecule has 1 aliphatic heterocycles. The fraction of sp³-hybridized carbons (Fsp3) is 0.933. The topological polar surface area (TPSA) is 55.6 Å². The Kier molecular flexibility index (Phi) is 5.22. The number of rotatable bonds is 4. The van der Waals surface area contributed by atoms with Crippen LogP contribution in [0.3, 0.4) is 0 Å². The molecule has 0 bridgehead atoms. The van der Waals surface area contributed by atoms with Gasteiger partial charge in [-0.05, 0) is 31.6 Å². The summed E-state index contributed by atoms with van der Waals surface area (Å²) in [5, 5.41) is 0. The highest BCUT2D eigenvalue weighted by Crippen LogP contribution is 2.25. The summed E-state index contributed by atoms with van der Waals surface area (Å²) in [5.74, 6) is 0.314. The predicted molar refractivity (Wildman–Crippen MR) is 75.8 cm³/mol. The molecule has 19 heavy (non-hydrogen) atoms. The molecule has 0 radical (unpaired) electrons. The van der Waals surface area contributed by atoms with Gasteiger partial charge in [0.05, 0.1) is 18.2 Å². The third-order valence-electron chi connectivity index (χ3n) is 4.44. The molecule has 1 saturated heterocycles. The van der Waals surface area contributed by atoms with Crippen LogP contribution in [0.4, 0.5) is 0 Å². The molecule has 2 fully saturated rings. The van der Waals surface area contributed by atoms with Gasteiger partial charge in [0.1, 0.15) is 0 Å². The van der Waals surface area contributed by atoms with E-state index in [0.29, 0.717) is 12.2 Å². The molecule has 0 aromatic heterocycles. The Morgan fingerprint density at radius 3 is 2.16 bits per heavy atom. The third kappa shape index (κ3) is 3.93. The molecule has 1 aliphatic carbocycles. The van der Waals surface area contributed by atoms with E-state index < -0.39 is 0 Å². The van der Waals surface area contributed by atoms with Gasteiger partial charge in [-0.25, -0.2) is 0 Å². The molecule has 2 N–H and O–H groups in total. The fourth-order valence-corrected chi connectivity index (χ4v) is 3.00. The number of nitrogens with two attached hydrogens (primary N) is 1. The van der Waals surface area contributed by atoms with Crippen molar-refractivity contribution in [3.05, 3.63) is 0 Å². The Labute approximate surface area is 116 Å². The smallest absolute Gasteiger partial charge is 0.239 e. The maximum atomic E-state index is 12.2. The van der Waals surface area contributed by atoms with Crippen LogP contribution < -0.4 is 5.73 Å². The summed E-state index contributed by atoms with van der Waals surface area (Å²) in [6, 6.07) is -0.354. The van der Waals surface area contributed by atoms with Gasteiger partial charge in [-0.3, -0.25) is 4.79 Å². The zero-order valence-electron chi connectivity index (χ0n) is 12.3. The van der Waals surface area contributed by atoms with E-state index in [1.165, 1.54) is 25.7 Å². The minimum atomic E-state index is -0.354. The van der Waals surface area contributed by atoms with Crippen LogP contribution in [-0.2, 0) is 9.53 Å². The second-order valence-electron chi connectivity index (χ2n) is 6.34. The van der Waals surface area contributed by atoms with Crippen LogP contribution in [-0.4, -0.2) is 42.1 Å². The van der Waals surface area contributed by atoms with Gasteiger partial charge in [0.2, 0.25) is 5.91 Å². The van der Waals surface area contributed by atoms with E-state index >= 15 is 0 Å². The molecule has 1 atom stereocenters. The van der Waals surface area contributed by atoms with Crippen molar-refractivity contribution in [1.82, 2.24) is 4.90 Å². The van der Waals surface area contributed by atoms with Crippen LogP contribution in [0.15, 0.2) is 0 Å². The number of hydrogen-bond acceptors (Lipinski definition) is 3. The zero-order valence-corrected chi connectivity index (χ0v) is 12.3. The van der Waals surface area contributed by atoms with Gasteiger partial charge in [-0.1, -0.05) is 26.7 Å². The van der Waals surface area contributed by atoms with Crippen molar-refractivity contribution in [3.8, 4) is 0 Å². The number of ether oxygens (including phenoxy) is 1. The lowest BCUT2D eigenvalue weighted by Crippen LogP contribution is -2.50. The Morgan fingerprint density at radius 1 is 1.11 bits per heavy atom. The van der Waals surface area contributed by atoms with Gasteiger partial charge >= 0.3 is 0 Å². The highest BCUT2D eigenvalue weighted by molar-refractivity contribution is 5.82. The summed E-state index contributed by atoms with van der Waals surface area (Å²) in [6.45, 7) is 5.60. The first-order valence-corrected chi connectivity index (χ1v) is 7.77. The van der Waals surface area contributed by atoms with E-state index in [1.54, 1.807) is 0 Å². The lowest BCUT2D eigenvalue weighted by Gasteiger charge is -2.35. The van der Waals surface area contributed by atoms with Crippen LogP contribution in [0.1, 0.15) is 52.4 Å². The van der Waals surface area contributed by atoms with Crippen molar-refractivity contribution >= 4 is 5.91 Å². The van der Waals surface area contributed by atoms with Crippen molar-refractivity contribution in [2.24, 2.45) is 11.7 Å². The van der Waals surface area contributed by atoms with Crippen molar-refractivity contribution in [1.29, 1.82) is 0 Å². The highest BCUT2D eigenvalue weighted by atomic mass is 16.5. The van der Waals surface area contributed by atoms with E-state index in [2.05, 4.69) is 0 Å². The Morgan fingerprint density at radius 2 is 1.63 bits per heavy atom. The number of likely N-dealkylation sites (tertiary alicyclic amines) is 1. The molecule has 0 unspecified atom stereocenters. The molecule has 0 aromatic rings. The lowest BCUT2D eigenvalue weighted by atomic mass is 10.0. The van der Waals surface area contributed by atoms with Crippen molar-refractivity contribution in [3.63, 3.8) is 0 Å². The molecule has 0 spiro atoms. The first-order chi connectivity index (χ1) is 9.08. The second kappa shape index (κ2) is 6.71. The standard InChI is InChI=1S/C15H28N2O2/c1-11(2)14(16)15(18)17-9-7-13(8-10-17)19-12-5-3-4-6-12/h11-14H,3-10,16H2,1-2H3/t14-/m0/s1. The zero-order chi connectivity index (χ0) is 13.8. The van der Waals surface area contributed by atoms with Gasteiger partial charge in [-0.2, -0.15) is 0 Å². The monoisotopic (exact) mass is 268 g/mol. The molecule has 1 heterocycles. The van der Waals surface area contributed by atoms with Crippen LogP contribution in [0, 0.1) is 5.92 Å². The van der Waals surface area contributed by atoms with Crippen molar-refractivity contribution in [2.45, 2.75) is 70.6 Å². The van der Waals surface area contributed by atoms with Crippen LogP contribution in [0.25, 0.3) is 0 Å². The SMILES string of the molecule is CC(C)[C@H](N)C(=O)N1CCC(OC2CCCC2)CC1. The maximum Gasteiger partial charge on any atom is 0.239 e.